The first-order chi connectivity index (χ1) is 7.25. The first-order valence-corrected chi connectivity index (χ1v) is 6.07. The molecule has 0 atom stereocenters. The van der Waals surface area contributed by atoms with Gasteiger partial charge < -0.3 is 5.73 Å². The predicted molar refractivity (Wildman–Crippen MR) is 65.2 cm³/mol. The van der Waals surface area contributed by atoms with Crippen molar-refractivity contribution in [1.29, 1.82) is 0 Å². The van der Waals surface area contributed by atoms with Gasteiger partial charge in [0.05, 0.1) is 0 Å². The molecule has 3 N–H and O–H groups in total. The fourth-order valence-electron chi connectivity index (χ4n) is 1.60. The first kappa shape index (κ1) is 12.2. The molecule has 5 heteroatoms. The molecule has 0 aliphatic rings. The van der Waals surface area contributed by atoms with Crippen LogP contribution in [0.25, 0.3) is 0 Å². The summed E-state index contributed by atoms with van der Waals surface area (Å²) in [4.78, 5) is 0. The van der Waals surface area contributed by atoms with Gasteiger partial charge in [0, 0.05) is 6.54 Å². The van der Waals surface area contributed by atoms with Crippen molar-refractivity contribution in [2.45, 2.75) is 52.0 Å². The highest BCUT2D eigenvalue weighted by atomic mass is 32.1. The van der Waals surface area contributed by atoms with E-state index in [1.165, 1.54) is 32.1 Å². The zero-order valence-corrected chi connectivity index (χ0v) is 10.1. The van der Waals surface area contributed by atoms with Crippen molar-refractivity contribution in [3.8, 4) is 0 Å². The summed E-state index contributed by atoms with van der Waals surface area (Å²) < 4.78 is 2.48. The molecule has 0 unspecified atom stereocenters. The SMILES string of the molecule is CCCCCCCCn1c(N)n[nH]c1=S. The second-order valence-corrected chi connectivity index (χ2v) is 4.19. The number of aromatic amines is 1. The van der Waals surface area contributed by atoms with E-state index in [1.54, 1.807) is 0 Å². The van der Waals surface area contributed by atoms with Gasteiger partial charge in [0.1, 0.15) is 0 Å². The number of nitrogens with one attached hydrogen (secondary N) is 1. The summed E-state index contributed by atoms with van der Waals surface area (Å²) in [6.07, 6.45) is 7.64. The van der Waals surface area contributed by atoms with E-state index >= 15 is 0 Å². The van der Waals surface area contributed by atoms with Gasteiger partial charge in [-0.3, -0.25) is 4.57 Å². The average Bonchev–Trinajstić information content (AvgIpc) is 2.54. The van der Waals surface area contributed by atoms with Gasteiger partial charge in [-0.1, -0.05) is 39.0 Å². The van der Waals surface area contributed by atoms with Crippen LogP contribution in [0.4, 0.5) is 5.95 Å². The van der Waals surface area contributed by atoms with E-state index in [9.17, 15) is 0 Å². The van der Waals surface area contributed by atoms with Crippen molar-refractivity contribution >= 4 is 18.2 Å². The molecule has 0 saturated carbocycles. The molecule has 1 aromatic rings. The Morgan fingerprint density at radius 2 is 1.93 bits per heavy atom. The number of H-pyrrole nitrogens is 1. The van der Waals surface area contributed by atoms with Crippen LogP contribution in [0.5, 0.6) is 0 Å². The van der Waals surface area contributed by atoms with E-state index in [-0.39, 0.29) is 0 Å². The summed E-state index contributed by atoms with van der Waals surface area (Å²) in [5.41, 5.74) is 5.66. The molecule has 0 bridgehead atoms. The topological polar surface area (TPSA) is 59.6 Å². The number of rotatable bonds is 7. The average molecular weight is 228 g/mol. The Hall–Kier alpha value is -0.840. The quantitative estimate of drug-likeness (QED) is 0.557. The molecule has 86 valence electrons. The molecule has 0 amide bonds. The Balaban J connectivity index is 2.18. The molecule has 0 spiro atoms. The number of unbranched alkanes of at least 4 members (excludes halogenated alkanes) is 5. The van der Waals surface area contributed by atoms with Crippen LogP contribution in [-0.4, -0.2) is 14.8 Å². The van der Waals surface area contributed by atoms with E-state index in [0.29, 0.717) is 10.7 Å². The molecular weight excluding hydrogens is 208 g/mol. The van der Waals surface area contributed by atoms with E-state index < -0.39 is 0 Å². The van der Waals surface area contributed by atoms with E-state index in [4.69, 9.17) is 18.0 Å². The fraction of sp³-hybridized carbons (Fsp3) is 0.800. The van der Waals surface area contributed by atoms with E-state index in [0.717, 1.165) is 13.0 Å². The highest BCUT2D eigenvalue weighted by molar-refractivity contribution is 7.71. The third-order valence-electron chi connectivity index (χ3n) is 2.52. The minimum Gasteiger partial charge on any atom is -0.368 e. The van der Waals surface area contributed by atoms with Crippen LogP contribution in [0.15, 0.2) is 0 Å². The Labute approximate surface area is 95.9 Å². The van der Waals surface area contributed by atoms with E-state index in [2.05, 4.69) is 17.1 Å². The Morgan fingerprint density at radius 1 is 1.27 bits per heavy atom. The van der Waals surface area contributed by atoms with Crippen LogP contribution < -0.4 is 5.73 Å². The fourth-order valence-corrected chi connectivity index (χ4v) is 1.83. The number of nitrogen functional groups attached to an aromatic ring is 1. The molecule has 1 rings (SSSR count). The van der Waals surface area contributed by atoms with Crippen LogP contribution in [0.2, 0.25) is 0 Å². The van der Waals surface area contributed by atoms with Gasteiger partial charge >= 0.3 is 0 Å². The van der Waals surface area contributed by atoms with Gasteiger partial charge in [-0.15, -0.1) is 5.10 Å². The summed E-state index contributed by atoms with van der Waals surface area (Å²) >= 11 is 5.06. The molecule has 15 heavy (non-hydrogen) atoms. The maximum atomic E-state index is 5.66. The zero-order valence-electron chi connectivity index (χ0n) is 9.33. The third-order valence-corrected chi connectivity index (χ3v) is 2.83. The standard InChI is InChI=1S/C10H20N4S/c1-2-3-4-5-6-7-8-14-9(11)12-13-10(14)15/h2-8H2,1H3,(H2,11,12)(H,13,15). The summed E-state index contributed by atoms with van der Waals surface area (Å²) in [5.74, 6) is 0.494. The lowest BCUT2D eigenvalue weighted by atomic mass is 10.1. The van der Waals surface area contributed by atoms with Crippen molar-refractivity contribution in [3.63, 3.8) is 0 Å². The van der Waals surface area contributed by atoms with Gasteiger partial charge in [0.2, 0.25) is 5.95 Å². The van der Waals surface area contributed by atoms with Gasteiger partial charge in [0.25, 0.3) is 0 Å². The Bertz CT molecular complexity index is 328. The summed E-state index contributed by atoms with van der Waals surface area (Å²) in [5, 5.41) is 6.56. The number of anilines is 1. The lowest BCUT2D eigenvalue weighted by molar-refractivity contribution is 0.557. The Morgan fingerprint density at radius 3 is 2.53 bits per heavy atom. The maximum absolute atomic E-state index is 5.66. The van der Waals surface area contributed by atoms with Crippen LogP contribution in [0.1, 0.15) is 45.4 Å². The number of hydrogen-bond acceptors (Lipinski definition) is 3. The Kier molecular flexibility index (Phi) is 5.39. The molecule has 0 radical (unpaired) electrons. The molecule has 1 heterocycles. The van der Waals surface area contributed by atoms with Crippen molar-refractivity contribution in [2.75, 3.05) is 5.73 Å². The van der Waals surface area contributed by atoms with Gasteiger partial charge in [-0.2, -0.15) is 0 Å². The van der Waals surface area contributed by atoms with Crippen LogP contribution in [0.3, 0.4) is 0 Å². The first-order valence-electron chi connectivity index (χ1n) is 5.66. The van der Waals surface area contributed by atoms with Crippen molar-refractivity contribution in [1.82, 2.24) is 14.8 Å². The summed E-state index contributed by atoms with van der Waals surface area (Å²) in [6.45, 7) is 3.11. The minimum atomic E-state index is 0.494. The van der Waals surface area contributed by atoms with E-state index in [1.807, 2.05) is 4.57 Å². The van der Waals surface area contributed by atoms with Crippen LogP contribution in [0, 0.1) is 4.77 Å². The molecule has 0 aromatic carbocycles. The highest BCUT2D eigenvalue weighted by Crippen LogP contribution is 2.08. The maximum Gasteiger partial charge on any atom is 0.220 e. The van der Waals surface area contributed by atoms with Crippen LogP contribution in [-0.2, 0) is 6.54 Å². The highest BCUT2D eigenvalue weighted by Gasteiger charge is 2.00. The second kappa shape index (κ2) is 6.61. The number of hydrogen-bond donors (Lipinski definition) is 2. The number of aromatic nitrogens is 3. The lowest BCUT2D eigenvalue weighted by Gasteiger charge is -2.03. The van der Waals surface area contributed by atoms with Gasteiger partial charge in [-0.25, -0.2) is 5.10 Å². The molecule has 0 aliphatic heterocycles. The van der Waals surface area contributed by atoms with Crippen LogP contribution >= 0.6 is 12.2 Å². The summed E-state index contributed by atoms with van der Waals surface area (Å²) in [6, 6.07) is 0. The van der Waals surface area contributed by atoms with Crippen molar-refractivity contribution in [2.24, 2.45) is 0 Å². The minimum absolute atomic E-state index is 0.494. The van der Waals surface area contributed by atoms with Crippen molar-refractivity contribution in [3.05, 3.63) is 4.77 Å². The number of nitrogens with zero attached hydrogens (tertiary/aromatic N) is 2. The number of nitrogens with two attached hydrogens (primary N) is 1. The smallest absolute Gasteiger partial charge is 0.220 e. The molecule has 4 nitrogen and oxygen atoms in total. The summed E-state index contributed by atoms with van der Waals surface area (Å²) in [7, 11) is 0. The van der Waals surface area contributed by atoms with Crippen molar-refractivity contribution < 1.29 is 0 Å². The normalized spacial score (nSPS) is 10.7. The predicted octanol–water partition coefficient (Wildman–Crippen LogP) is 2.88. The molecule has 1 aromatic heterocycles. The second-order valence-electron chi connectivity index (χ2n) is 3.81. The zero-order chi connectivity index (χ0) is 11.1. The third kappa shape index (κ3) is 4.03. The molecule has 0 saturated heterocycles. The monoisotopic (exact) mass is 228 g/mol. The van der Waals surface area contributed by atoms with Gasteiger partial charge in [0.15, 0.2) is 4.77 Å². The largest absolute Gasteiger partial charge is 0.368 e. The lowest BCUT2D eigenvalue weighted by Crippen LogP contribution is -2.03. The molecule has 0 aliphatic carbocycles. The van der Waals surface area contributed by atoms with Gasteiger partial charge in [-0.05, 0) is 18.6 Å². The molecule has 0 fully saturated rings. The molecular formula is C10H20N4S.